The highest BCUT2D eigenvalue weighted by molar-refractivity contribution is 6.30. The lowest BCUT2D eigenvalue weighted by Crippen LogP contribution is -2.57. The zero-order valence-electron chi connectivity index (χ0n) is 62.8. The fourth-order valence-electron chi connectivity index (χ4n) is 12.9. The number of anilines is 8. The third-order valence-electron chi connectivity index (χ3n) is 21.1. The molecule has 4 fully saturated rings. The second-order valence-electron chi connectivity index (χ2n) is 30.1. The fraction of sp³-hybridized carbons (Fsp3) is 0.450. The Bertz CT molecular complexity index is 4540. The predicted octanol–water partition coefficient (Wildman–Crippen LogP) is 11.9. The Labute approximate surface area is 636 Å². The van der Waals surface area contributed by atoms with Gasteiger partial charge in [-0.3, -0.25) is 0 Å². The number of nitrogens with one attached hydrogen (secondary N) is 8. The van der Waals surface area contributed by atoms with Crippen LogP contribution >= 0.6 is 11.6 Å². The maximum absolute atomic E-state index is 14.1. The average molecular weight is 1490 g/mol. The minimum absolute atomic E-state index is 0.0596. The third-order valence-corrected chi connectivity index (χ3v) is 21.3. The summed E-state index contributed by atoms with van der Waals surface area (Å²) in [4.78, 5) is 34.6. The number of ether oxygens (including phenoxy) is 1. The van der Waals surface area contributed by atoms with Gasteiger partial charge in [-0.05, 0) is 135 Å². The van der Waals surface area contributed by atoms with Gasteiger partial charge >= 0.3 is 0 Å². The highest BCUT2D eigenvalue weighted by Gasteiger charge is 2.50. The number of benzene rings is 4. The maximum Gasteiger partial charge on any atom is 0.224 e. The number of aliphatic hydroxyl groups excluding tert-OH is 4. The molecule has 4 aliphatic carbocycles. The molecule has 4 saturated carbocycles. The number of aromatic hydroxyl groups is 1. The minimum Gasteiger partial charge on any atom is -0.508 e. The average Bonchev–Trinajstić information content (AvgIpc) is 0.778. The van der Waals surface area contributed by atoms with Crippen molar-refractivity contribution in [3.05, 3.63) is 177 Å². The Morgan fingerprint density at radius 1 is 0.491 bits per heavy atom. The number of hydrogen-bond acceptors (Lipinski definition) is 26. The monoisotopic (exact) mass is 1490 g/mol. The van der Waals surface area contributed by atoms with E-state index in [1.165, 1.54) is 24.8 Å². The number of aliphatic hydroxyl groups is 4. The van der Waals surface area contributed by atoms with Gasteiger partial charge in [-0.15, -0.1) is 0 Å². The zero-order valence-corrected chi connectivity index (χ0v) is 63.5. The Morgan fingerprint density at radius 2 is 0.889 bits per heavy atom. The topological polar surface area (TPSA) is 405 Å². The first kappa shape index (κ1) is 81.3. The van der Waals surface area contributed by atoms with Gasteiger partial charge in [-0.2, -0.15) is 41.0 Å². The van der Waals surface area contributed by atoms with Crippen LogP contribution in [-0.4, -0.2) is 147 Å². The molecule has 8 atom stereocenters. The largest absolute Gasteiger partial charge is 0.508 e. The molecule has 4 heterocycles. The predicted molar refractivity (Wildman–Crippen MR) is 416 cm³/mol. The molecule has 4 aromatic heterocycles. The molecular weight excluding hydrogens is 1390 g/mol. The molecule has 568 valence electrons. The number of nitriles is 4. The van der Waals surface area contributed by atoms with Crippen molar-refractivity contribution in [2.75, 3.05) is 75.8 Å². The summed E-state index contributed by atoms with van der Waals surface area (Å²) in [5, 5.41) is 113. The Morgan fingerprint density at radius 3 is 1.30 bits per heavy atom. The number of halogens is 2. The number of para-hydroxylation sites is 1. The molecule has 0 aliphatic heterocycles. The smallest absolute Gasteiger partial charge is 0.224 e. The second-order valence-corrected chi connectivity index (χ2v) is 30.5. The van der Waals surface area contributed by atoms with Gasteiger partial charge in [0.25, 0.3) is 0 Å². The summed E-state index contributed by atoms with van der Waals surface area (Å²) in [6.45, 7) is 20.2. The number of phenolic OH excluding ortho intramolecular Hbond substituents is 1. The quantitative estimate of drug-likeness (QED) is 0.0253. The van der Waals surface area contributed by atoms with Crippen LogP contribution in [0.15, 0.2) is 116 Å². The van der Waals surface area contributed by atoms with E-state index in [-0.39, 0.29) is 81.8 Å². The number of hydrogen-bond donors (Lipinski definition) is 13. The lowest BCUT2D eigenvalue weighted by atomic mass is 9.64. The lowest BCUT2D eigenvalue weighted by Gasteiger charge is -2.49. The highest BCUT2D eigenvalue weighted by Crippen LogP contribution is 2.45. The number of methoxy groups -OCH3 is 1. The molecule has 28 heteroatoms. The van der Waals surface area contributed by atoms with Crippen LogP contribution in [0.5, 0.6) is 11.5 Å². The summed E-state index contributed by atoms with van der Waals surface area (Å²) in [7, 11) is 1.66. The number of aryl methyl sites for hydroxylation is 1. The summed E-state index contributed by atoms with van der Waals surface area (Å²) < 4.78 is 19.5. The Balaban J connectivity index is 0.000000166. The molecule has 108 heavy (non-hydrogen) atoms. The van der Waals surface area contributed by atoms with Crippen LogP contribution in [0.25, 0.3) is 0 Å². The number of nitrogens with zero attached hydrogens (tertiary/aromatic N) is 12. The van der Waals surface area contributed by atoms with Gasteiger partial charge in [-0.25, -0.2) is 24.3 Å². The molecule has 13 N–H and O–H groups in total. The molecule has 8 aromatic rings. The van der Waals surface area contributed by atoms with Gasteiger partial charge in [0, 0.05) is 71.6 Å². The van der Waals surface area contributed by atoms with Crippen LogP contribution in [0, 0.1) is 79.7 Å². The van der Waals surface area contributed by atoms with Crippen LogP contribution in [0.3, 0.4) is 0 Å². The van der Waals surface area contributed by atoms with E-state index >= 15 is 0 Å². The van der Waals surface area contributed by atoms with E-state index in [2.05, 4.69) is 107 Å². The van der Waals surface area contributed by atoms with Crippen LogP contribution in [0.2, 0.25) is 5.02 Å². The van der Waals surface area contributed by atoms with E-state index in [0.29, 0.717) is 144 Å². The van der Waals surface area contributed by atoms with Gasteiger partial charge in [0.15, 0.2) is 0 Å². The normalized spacial score (nSPS) is 20.6. The van der Waals surface area contributed by atoms with E-state index in [4.69, 9.17) is 16.3 Å². The summed E-state index contributed by atoms with van der Waals surface area (Å²) in [5.41, 5.74) is 5.18. The third kappa shape index (κ3) is 21.1. The molecule has 0 spiro atoms. The summed E-state index contributed by atoms with van der Waals surface area (Å²) in [5.74, 6) is 4.66. The molecular formula is C80H98ClFN20O6. The van der Waals surface area contributed by atoms with E-state index in [9.17, 15) is 51.0 Å². The van der Waals surface area contributed by atoms with E-state index in [1.807, 2.05) is 122 Å². The summed E-state index contributed by atoms with van der Waals surface area (Å²) in [6.07, 6.45) is 11.7. The molecule has 26 nitrogen and oxygen atoms in total. The van der Waals surface area contributed by atoms with Gasteiger partial charge in [0.05, 0.1) is 56.3 Å². The molecule has 0 radical (unpaired) electrons. The van der Waals surface area contributed by atoms with Crippen molar-refractivity contribution < 1.29 is 34.7 Å². The SMILES string of the molecule is CC1(C)[C@@H](O)C[C@H]1Nc1nc(NCCc2ccc(O)cc2)ncc1C#N.CC1(C)[C@@H](O)C[C@H]1Nc1nc(NCCc2cccc(Cl)c2)ncc1C#N.COc1ccccc1CCNc1ncc(C#N)c(N[C@@H]2C[C@H](O)C2(C)C)n1.Cc1cccc(CCNc2ncc(C#N)c(N[C@@H]3CC[C@H](O)C(C)(C)C3)n2)c1F. The van der Waals surface area contributed by atoms with Crippen LogP contribution in [-0.2, 0) is 25.7 Å². The molecule has 12 rings (SSSR count). The Kier molecular flexibility index (Phi) is 27.6. The first-order valence-corrected chi connectivity index (χ1v) is 36.6. The van der Waals surface area contributed by atoms with Gasteiger partial charge in [0.2, 0.25) is 23.8 Å². The Hall–Kier alpha value is -10.8. The number of rotatable bonds is 25. The van der Waals surface area contributed by atoms with Crippen molar-refractivity contribution in [3.63, 3.8) is 0 Å². The second kappa shape index (κ2) is 36.7. The van der Waals surface area contributed by atoms with Crippen molar-refractivity contribution in [2.45, 2.75) is 175 Å². The first-order valence-electron chi connectivity index (χ1n) is 36.3. The molecule has 0 unspecified atom stereocenters. The van der Waals surface area contributed by atoms with E-state index in [0.717, 1.165) is 54.5 Å². The van der Waals surface area contributed by atoms with Gasteiger partial charge in [0.1, 0.15) is 87.1 Å². The maximum atomic E-state index is 14.1. The van der Waals surface area contributed by atoms with Gasteiger partial charge < -0.3 is 72.8 Å². The number of aromatic nitrogens is 8. The van der Waals surface area contributed by atoms with Crippen molar-refractivity contribution >= 4 is 58.7 Å². The lowest BCUT2D eigenvalue weighted by molar-refractivity contribution is -0.0512. The standard InChI is InChI=1S/C22H28FN5O.C20H25N5O2.C19H22ClN5O.C19H23N5O2/c1-14-5-4-6-15(19(14)23)9-10-25-21-26-13-16(12-24)20(28-21)27-17-7-8-18(29)22(2,3)11-17;1-20(2)16(10-17(20)26)24-18-14(11-21)12-23-19(25-18)22-9-8-13-6-4-5-7-15(13)27-3;1-19(2)15(9-16(19)26)24-17-13(10-21)11-23-18(25-17)22-7-6-12-4-3-5-14(20)8-12;1-19(2)15(9-16(19)26)23-17-13(10-20)11-22-18(24-17)21-8-7-12-3-5-14(25)6-4-12/h4-6,13,17-18,29H,7-11H2,1-3H3,(H2,25,26,27,28);4-7,12,16-17,26H,8-10H2,1-3H3,(H2,22,23,24,25);3-5,8,11,15-16,26H,6-7,9H2,1-2H3,(H2,22,23,24,25);3-6,11,15-16,25-26H,7-9H2,1-2H3,(H2,21,22,23,24)/t17-,18+;16-,17+;2*15-,16+/m1111/s1. The molecule has 0 bridgehead atoms. The first-order chi connectivity index (χ1) is 51.5. The zero-order chi connectivity index (χ0) is 77.9. The van der Waals surface area contributed by atoms with Crippen molar-refractivity contribution in [3.8, 4) is 35.8 Å². The van der Waals surface area contributed by atoms with Crippen LogP contribution in [0.4, 0.5) is 51.5 Å². The summed E-state index contributed by atoms with van der Waals surface area (Å²) >= 11 is 5.99. The molecule has 0 amide bonds. The molecule has 0 saturated heterocycles. The van der Waals surface area contributed by atoms with Gasteiger partial charge in [-0.1, -0.05) is 128 Å². The fourth-order valence-corrected chi connectivity index (χ4v) is 13.1. The van der Waals surface area contributed by atoms with Crippen molar-refractivity contribution in [1.82, 2.24) is 39.9 Å². The van der Waals surface area contributed by atoms with Crippen molar-refractivity contribution in [1.29, 1.82) is 21.0 Å². The van der Waals surface area contributed by atoms with E-state index in [1.54, 1.807) is 38.3 Å². The molecule has 4 aromatic carbocycles. The van der Waals surface area contributed by atoms with Crippen LogP contribution in [0.1, 0.15) is 144 Å². The highest BCUT2D eigenvalue weighted by atomic mass is 35.5. The van der Waals surface area contributed by atoms with Crippen molar-refractivity contribution in [2.24, 2.45) is 21.7 Å². The summed E-state index contributed by atoms with van der Waals surface area (Å²) in [6, 6.07) is 36.8. The number of phenols is 1. The van der Waals surface area contributed by atoms with E-state index < -0.39 is 0 Å². The molecule has 4 aliphatic rings. The van der Waals surface area contributed by atoms with Crippen LogP contribution < -0.4 is 47.3 Å². The minimum atomic E-state index is -0.352.